The Morgan fingerprint density at radius 1 is 1.36 bits per heavy atom. The van der Waals surface area contributed by atoms with Gasteiger partial charge in [0.05, 0.1) is 20.6 Å². The van der Waals surface area contributed by atoms with Gasteiger partial charge in [-0.15, -0.1) is 0 Å². The van der Waals surface area contributed by atoms with Gasteiger partial charge in [0.2, 0.25) is 0 Å². The summed E-state index contributed by atoms with van der Waals surface area (Å²) in [6.07, 6.45) is 7.21. The maximum absolute atomic E-state index is 8.60. The quantitative estimate of drug-likeness (QED) is 0.588. The van der Waals surface area contributed by atoms with E-state index in [0.717, 1.165) is 22.3 Å². The Kier molecular flexibility index (Phi) is 6.40. The van der Waals surface area contributed by atoms with Gasteiger partial charge in [0.1, 0.15) is 12.0 Å². The predicted octanol–water partition coefficient (Wildman–Crippen LogP) is -2.56. The monoisotopic (exact) mass is 329 g/mol. The van der Waals surface area contributed by atoms with Crippen molar-refractivity contribution in [1.29, 1.82) is 0 Å². The molecule has 10 heteroatoms. The molecule has 0 unspecified atom stereocenters. The van der Waals surface area contributed by atoms with Crippen molar-refractivity contribution in [3.63, 3.8) is 0 Å². The summed E-state index contributed by atoms with van der Waals surface area (Å²) >= 11 is 0. The second kappa shape index (κ2) is 7.82. The number of aliphatic imine (C=N–C) groups is 1. The second-order valence-electron chi connectivity index (χ2n) is 4.29. The molecule has 0 bridgehead atoms. The molecular formula is C12H16ClN5O4. The van der Waals surface area contributed by atoms with E-state index in [1.165, 1.54) is 0 Å². The molecule has 0 amide bonds. The summed E-state index contributed by atoms with van der Waals surface area (Å²) in [5.41, 5.74) is 2.68. The molecular weight excluding hydrogens is 314 g/mol. The van der Waals surface area contributed by atoms with E-state index in [4.69, 9.17) is 18.6 Å². The van der Waals surface area contributed by atoms with Crippen LogP contribution < -0.4 is 14.0 Å². The highest BCUT2D eigenvalue weighted by Gasteiger charge is 2.08. The van der Waals surface area contributed by atoms with Gasteiger partial charge in [-0.2, -0.15) is 14.0 Å². The first kappa shape index (κ1) is 18.0. The topological polar surface area (TPSA) is 147 Å². The molecule has 2 rings (SSSR count). The number of nitrogens with zero attached hydrogens (tertiary/aromatic N) is 4. The molecule has 0 radical (unpaired) electrons. The summed E-state index contributed by atoms with van der Waals surface area (Å²) in [4.78, 5) is 17.6. The zero-order valence-electron chi connectivity index (χ0n) is 12.2. The lowest BCUT2D eigenvalue weighted by Gasteiger charge is -2.08. The third kappa shape index (κ3) is 6.16. The molecule has 0 fully saturated rings. The smallest absolute Gasteiger partial charge is 0.141 e. The highest BCUT2D eigenvalue weighted by molar-refractivity contribution is 6.13. The van der Waals surface area contributed by atoms with E-state index >= 15 is 0 Å². The van der Waals surface area contributed by atoms with E-state index in [0.29, 0.717) is 0 Å². The van der Waals surface area contributed by atoms with Crippen LogP contribution in [0.2, 0.25) is 0 Å². The minimum atomic E-state index is -4.69. The van der Waals surface area contributed by atoms with Crippen molar-refractivity contribution in [2.24, 2.45) is 4.99 Å². The van der Waals surface area contributed by atoms with E-state index in [9.17, 15) is 0 Å². The fourth-order valence-electron chi connectivity index (χ4n) is 1.68. The molecule has 2 heterocycles. The number of aromatic nitrogens is 3. The third-order valence-electron chi connectivity index (χ3n) is 2.29. The Bertz CT molecular complexity index is 657. The first-order chi connectivity index (χ1) is 10.2. The van der Waals surface area contributed by atoms with Gasteiger partial charge in [-0.25, -0.2) is 9.97 Å². The van der Waals surface area contributed by atoms with E-state index in [-0.39, 0.29) is 0 Å². The molecule has 0 aliphatic heterocycles. The molecule has 0 atom stereocenters. The van der Waals surface area contributed by atoms with Crippen molar-refractivity contribution in [1.82, 2.24) is 19.9 Å². The van der Waals surface area contributed by atoms with Crippen molar-refractivity contribution in [2.45, 2.75) is 0 Å². The Hall–Kier alpha value is -2.04. The first-order valence-electron chi connectivity index (χ1n) is 5.94. The lowest BCUT2D eigenvalue weighted by atomic mass is 10.1. The van der Waals surface area contributed by atoms with E-state index in [1.54, 1.807) is 19.6 Å². The van der Waals surface area contributed by atoms with Gasteiger partial charge in [-0.05, 0) is 6.07 Å². The zero-order chi connectivity index (χ0) is 16.8. The summed E-state index contributed by atoms with van der Waals surface area (Å²) in [5, 5.41) is 1.00. The molecule has 9 nitrogen and oxygen atoms in total. The number of hydrogen-bond acceptors (Lipinski definition) is 8. The Morgan fingerprint density at radius 2 is 2.00 bits per heavy atom. The second-order valence-corrected chi connectivity index (χ2v) is 5.09. The standard InChI is InChI=1S/C12H15N5.ClHO4/c1-13-6-9(7-17(2)3)11-10-4-5-14-12(10)16-8-15-11;2-1(3,4)5/h4-8H,1-3H3,(H,14,15,16);(H,2,3,4,5)/b9-7+,13-6?;. The molecule has 2 N–H and O–H groups in total. The van der Waals surface area contributed by atoms with Gasteiger partial charge in [0.25, 0.3) is 0 Å². The van der Waals surface area contributed by atoms with Gasteiger partial charge in [0, 0.05) is 50.7 Å². The number of allylic oxidation sites excluding steroid dienone is 1. The van der Waals surface area contributed by atoms with Gasteiger partial charge in [-0.1, -0.05) is 0 Å². The highest BCUT2D eigenvalue weighted by atomic mass is 35.7. The van der Waals surface area contributed by atoms with Crippen LogP contribution in [0.5, 0.6) is 0 Å². The van der Waals surface area contributed by atoms with Gasteiger partial charge in [-0.3, -0.25) is 4.99 Å². The number of nitrogens with one attached hydrogen (secondary N) is 1. The third-order valence-corrected chi connectivity index (χ3v) is 2.29. The van der Waals surface area contributed by atoms with Crippen LogP contribution in [0.25, 0.3) is 16.6 Å². The molecule has 0 spiro atoms. The van der Waals surface area contributed by atoms with Crippen LogP contribution in [0, 0.1) is 10.2 Å². The minimum Gasteiger partial charge on any atom is -0.383 e. The number of rotatable bonds is 3. The van der Waals surface area contributed by atoms with Crippen molar-refractivity contribution in [2.75, 3.05) is 21.1 Å². The number of H-pyrrole nitrogens is 1. The van der Waals surface area contributed by atoms with Crippen LogP contribution in [0.4, 0.5) is 0 Å². The molecule has 0 aliphatic rings. The molecule has 22 heavy (non-hydrogen) atoms. The largest absolute Gasteiger partial charge is 0.383 e. The normalized spacial score (nSPS) is 12.4. The fourth-order valence-corrected chi connectivity index (χ4v) is 1.68. The highest BCUT2D eigenvalue weighted by Crippen LogP contribution is 2.19. The van der Waals surface area contributed by atoms with Crippen LogP contribution in [-0.2, 0) is 0 Å². The lowest BCUT2D eigenvalue weighted by Crippen LogP contribution is -2.58. The predicted molar refractivity (Wildman–Crippen MR) is 72.2 cm³/mol. The maximum Gasteiger partial charge on any atom is 0.141 e. The zero-order valence-corrected chi connectivity index (χ0v) is 13.0. The summed E-state index contributed by atoms with van der Waals surface area (Å²) in [6, 6.07) is 1.97. The number of hydrogen-bond donors (Lipinski definition) is 2. The molecule has 2 aromatic heterocycles. The van der Waals surface area contributed by atoms with Gasteiger partial charge >= 0.3 is 0 Å². The van der Waals surface area contributed by atoms with E-state index in [2.05, 4.69) is 19.9 Å². The van der Waals surface area contributed by atoms with E-state index in [1.807, 2.05) is 37.5 Å². The van der Waals surface area contributed by atoms with Crippen LogP contribution >= 0.6 is 0 Å². The maximum atomic E-state index is 8.60. The average molecular weight is 330 g/mol. The summed E-state index contributed by atoms with van der Waals surface area (Å²) in [7, 11) is 0.997. The van der Waals surface area contributed by atoms with Crippen molar-refractivity contribution >= 4 is 22.8 Å². The lowest BCUT2D eigenvalue weighted by molar-refractivity contribution is -1.92. The van der Waals surface area contributed by atoms with Gasteiger partial charge in [0.15, 0.2) is 0 Å². The molecule has 0 aromatic carbocycles. The van der Waals surface area contributed by atoms with Gasteiger partial charge < -0.3 is 9.88 Å². The summed E-state index contributed by atoms with van der Waals surface area (Å²) in [6.45, 7) is 0. The van der Waals surface area contributed by atoms with Crippen molar-refractivity contribution in [3.05, 3.63) is 30.5 Å². The SMILES string of the molecule is CN=C/C(=C\N(C)C)c1ncnc2[nH]ccc12.[O-][Cl+3]([O-])([O-])O. The van der Waals surface area contributed by atoms with Crippen LogP contribution in [0.15, 0.2) is 29.8 Å². The molecule has 2 aromatic rings. The molecule has 0 saturated carbocycles. The van der Waals surface area contributed by atoms with Crippen LogP contribution in [0.3, 0.4) is 0 Å². The minimum absolute atomic E-state index is 0.837. The van der Waals surface area contributed by atoms with E-state index < -0.39 is 10.2 Å². The first-order valence-corrected chi connectivity index (χ1v) is 7.21. The van der Waals surface area contributed by atoms with Crippen molar-refractivity contribution < 1.29 is 28.9 Å². The Labute approximate surface area is 129 Å². The Morgan fingerprint density at radius 3 is 2.55 bits per heavy atom. The fraction of sp³-hybridized carbons (Fsp3) is 0.250. The Balaban J connectivity index is 0.000000422. The number of halogens is 1. The molecule has 120 valence electrons. The van der Waals surface area contributed by atoms with Crippen molar-refractivity contribution in [3.8, 4) is 0 Å². The number of aromatic amines is 1. The molecule has 0 saturated heterocycles. The summed E-state index contributed by atoms with van der Waals surface area (Å²) < 4.78 is 32.7. The molecule has 0 aliphatic carbocycles. The average Bonchev–Trinajstić information content (AvgIpc) is 2.83. The summed E-state index contributed by atoms with van der Waals surface area (Å²) in [5.74, 6) is 0. The van der Waals surface area contributed by atoms with Crippen LogP contribution in [-0.4, -0.2) is 51.9 Å². The van der Waals surface area contributed by atoms with Crippen LogP contribution in [0.1, 0.15) is 5.69 Å². The number of fused-ring (bicyclic) bond motifs is 1.